The molecule has 1 heterocycles. The molecule has 0 unspecified atom stereocenters. The summed E-state index contributed by atoms with van der Waals surface area (Å²) in [5.74, 6) is 0.689. The van der Waals surface area contributed by atoms with Gasteiger partial charge in [0.05, 0.1) is 6.42 Å². The van der Waals surface area contributed by atoms with Crippen LogP contribution in [0.2, 0.25) is 0 Å². The maximum Gasteiger partial charge on any atom is 0.305 e. The Labute approximate surface area is 88.3 Å². The van der Waals surface area contributed by atoms with Crippen LogP contribution >= 0.6 is 0 Å². The maximum atomic E-state index is 10.3. The third kappa shape index (κ3) is 2.94. The van der Waals surface area contributed by atoms with Gasteiger partial charge in [-0.05, 0) is 36.5 Å². The SMILES string of the molecule is O=C(O)CCNc1cc(C2CC2)ccn1. The number of hydrogen-bond donors (Lipinski definition) is 2. The molecule has 4 nitrogen and oxygen atoms in total. The maximum absolute atomic E-state index is 10.3. The predicted octanol–water partition coefficient (Wildman–Crippen LogP) is 1.85. The highest BCUT2D eigenvalue weighted by atomic mass is 16.4. The van der Waals surface area contributed by atoms with Crippen molar-refractivity contribution in [2.75, 3.05) is 11.9 Å². The van der Waals surface area contributed by atoms with Crippen LogP contribution in [0.25, 0.3) is 0 Å². The molecule has 0 aliphatic heterocycles. The highest BCUT2D eigenvalue weighted by Gasteiger charge is 2.23. The molecule has 2 rings (SSSR count). The number of rotatable bonds is 5. The Hall–Kier alpha value is -1.58. The van der Waals surface area contributed by atoms with E-state index in [4.69, 9.17) is 5.11 Å². The van der Waals surface area contributed by atoms with Gasteiger partial charge >= 0.3 is 5.97 Å². The first-order valence-corrected chi connectivity index (χ1v) is 5.17. The lowest BCUT2D eigenvalue weighted by molar-refractivity contribution is -0.136. The molecule has 0 amide bonds. The van der Waals surface area contributed by atoms with Crippen LogP contribution in [0.1, 0.15) is 30.7 Å². The van der Waals surface area contributed by atoms with Gasteiger partial charge in [0.15, 0.2) is 0 Å². The first-order valence-electron chi connectivity index (χ1n) is 5.17. The van der Waals surface area contributed by atoms with Crippen molar-refractivity contribution >= 4 is 11.8 Å². The average molecular weight is 206 g/mol. The van der Waals surface area contributed by atoms with Crippen molar-refractivity contribution in [3.05, 3.63) is 23.9 Å². The summed E-state index contributed by atoms with van der Waals surface area (Å²) in [6.07, 6.45) is 4.42. The molecule has 1 aromatic heterocycles. The molecule has 0 bridgehead atoms. The van der Waals surface area contributed by atoms with Crippen molar-refractivity contribution in [2.24, 2.45) is 0 Å². The Morgan fingerprint density at radius 2 is 2.40 bits per heavy atom. The number of aromatic nitrogens is 1. The van der Waals surface area contributed by atoms with Gasteiger partial charge in [0.1, 0.15) is 5.82 Å². The fraction of sp³-hybridized carbons (Fsp3) is 0.455. The Balaban J connectivity index is 1.90. The first kappa shape index (κ1) is 9.96. The third-order valence-corrected chi connectivity index (χ3v) is 2.48. The van der Waals surface area contributed by atoms with Crippen LogP contribution in [0.3, 0.4) is 0 Å². The van der Waals surface area contributed by atoms with E-state index in [1.165, 1.54) is 18.4 Å². The van der Waals surface area contributed by atoms with Crippen LogP contribution in [-0.2, 0) is 4.79 Å². The standard InChI is InChI=1S/C11H14N2O2/c14-11(15)4-6-13-10-7-9(3-5-12-10)8-1-2-8/h3,5,7-8H,1-2,4,6H2,(H,12,13)(H,14,15). The Morgan fingerprint density at radius 1 is 1.60 bits per heavy atom. The summed E-state index contributed by atoms with van der Waals surface area (Å²) in [7, 11) is 0. The second kappa shape index (κ2) is 4.29. The van der Waals surface area contributed by atoms with Gasteiger partial charge in [-0.15, -0.1) is 0 Å². The zero-order chi connectivity index (χ0) is 10.7. The van der Waals surface area contributed by atoms with Crippen LogP contribution in [0.4, 0.5) is 5.82 Å². The molecule has 1 saturated carbocycles. The van der Waals surface area contributed by atoms with Gasteiger partial charge in [-0.1, -0.05) is 0 Å². The van der Waals surface area contributed by atoms with Gasteiger partial charge in [0.25, 0.3) is 0 Å². The quantitative estimate of drug-likeness (QED) is 0.771. The minimum atomic E-state index is -0.791. The first-order chi connectivity index (χ1) is 7.25. The number of carboxylic acid groups (broad SMARTS) is 1. The van der Waals surface area contributed by atoms with Crippen LogP contribution in [-0.4, -0.2) is 22.6 Å². The van der Waals surface area contributed by atoms with Gasteiger partial charge in [-0.2, -0.15) is 0 Å². The molecule has 4 heteroatoms. The molecule has 1 aromatic rings. The van der Waals surface area contributed by atoms with Crippen LogP contribution in [0, 0.1) is 0 Å². The van der Waals surface area contributed by atoms with Crippen molar-refractivity contribution in [3.8, 4) is 0 Å². The molecule has 1 aliphatic rings. The Kier molecular flexibility index (Phi) is 2.85. The molecule has 1 fully saturated rings. The molecular weight excluding hydrogens is 192 g/mol. The smallest absolute Gasteiger partial charge is 0.305 e. The van der Waals surface area contributed by atoms with Crippen LogP contribution < -0.4 is 5.32 Å². The topological polar surface area (TPSA) is 62.2 Å². The summed E-state index contributed by atoms with van der Waals surface area (Å²) < 4.78 is 0. The van der Waals surface area contributed by atoms with Crippen molar-refractivity contribution < 1.29 is 9.90 Å². The number of pyridine rings is 1. The molecule has 80 valence electrons. The van der Waals surface area contributed by atoms with E-state index in [9.17, 15) is 4.79 Å². The fourth-order valence-corrected chi connectivity index (χ4v) is 1.51. The number of carboxylic acids is 1. The lowest BCUT2D eigenvalue weighted by Crippen LogP contribution is -2.08. The summed E-state index contributed by atoms with van der Waals surface area (Å²) in [6, 6.07) is 4.04. The number of nitrogens with one attached hydrogen (secondary N) is 1. The molecule has 0 aromatic carbocycles. The highest BCUT2D eigenvalue weighted by molar-refractivity contribution is 5.67. The van der Waals surface area contributed by atoms with Gasteiger partial charge in [0, 0.05) is 12.7 Å². The van der Waals surface area contributed by atoms with Gasteiger partial charge < -0.3 is 10.4 Å². The van der Waals surface area contributed by atoms with Crippen molar-refractivity contribution in [3.63, 3.8) is 0 Å². The molecule has 0 spiro atoms. The summed E-state index contributed by atoms with van der Waals surface area (Å²) in [5, 5.41) is 11.5. The lowest BCUT2D eigenvalue weighted by Gasteiger charge is -2.05. The van der Waals surface area contributed by atoms with Crippen molar-refractivity contribution in [2.45, 2.75) is 25.2 Å². The van der Waals surface area contributed by atoms with Gasteiger partial charge in [0.2, 0.25) is 0 Å². The molecule has 1 aliphatic carbocycles. The van der Waals surface area contributed by atoms with E-state index < -0.39 is 5.97 Å². The molecule has 0 saturated heterocycles. The number of aliphatic carboxylic acids is 1. The highest BCUT2D eigenvalue weighted by Crippen LogP contribution is 2.40. The van der Waals surface area contributed by atoms with E-state index in [-0.39, 0.29) is 6.42 Å². The second-order valence-electron chi connectivity index (χ2n) is 3.82. The van der Waals surface area contributed by atoms with Crippen LogP contribution in [0.15, 0.2) is 18.3 Å². The zero-order valence-electron chi connectivity index (χ0n) is 8.44. The monoisotopic (exact) mass is 206 g/mol. The normalized spacial score (nSPS) is 14.9. The van der Waals surface area contributed by atoms with E-state index in [2.05, 4.69) is 10.3 Å². The molecular formula is C11H14N2O2. The Bertz CT molecular complexity index is 361. The fourth-order valence-electron chi connectivity index (χ4n) is 1.51. The number of nitrogens with zero attached hydrogens (tertiary/aromatic N) is 1. The summed E-state index contributed by atoms with van der Waals surface area (Å²) >= 11 is 0. The van der Waals surface area contributed by atoms with E-state index in [0.717, 1.165) is 5.82 Å². The van der Waals surface area contributed by atoms with E-state index in [0.29, 0.717) is 12.5 Å². The summed E-state index contributed by atoms with van der Waals surface area (Å²) in [6.45, 7) is 0.427. The average Bonchev–Trinajstić information content (AvgIpc) is 3.01. The number of anilines is 1. The zero-order valence-corrected chi connectivity index (χ0v) is 8.44. The third-order valence-electron chi connectivity index (χ3n) is 2.48. The second-order valence-corrected chi connectivity index (χ2v) is 3.82. The van der Waals surface area contributed by atoms with Crippen LogP contribution in [0.5, 0.6) is 0 Å². The Morgan fingerprint density at radius 3 is 3.07 bits per heavy atom. The predicted molar refractivity (Wildman–Crippen MR) is 57.0 cm³/mol. The number of hydrogen-bond acceptors (Lipinski definition) is 3. The largest absolute Gasteiger partial charge is 0.481 e. The number of carbonyl (C=O) groups is 1. The van der Waals surface area contributed by atoms with Gasteiger partial charge in [-0.25, -0.2) is 4.98 Å². The molecule has 0 atom stereocenters. The lowest BCUT2D eigenvalue weighted by atomic mass is 10.2. The summed E-state index contributed by atoms with van der Waals surface area (Å²) in [5.41, 5.74) is 1.31. The van der Waals surface area contributed by atoms with Gasteiger partial charge in [-0.3, -0.25) is 4.79 Å². The van der Waals surface area contributed by atoms with Crippen molar-refractivity contribution in [1.82, 2.24) is 4.98 Å². The molecule has 15 heavy (non-hydrogen) atoms. The minimum absolute atomic E-state index is 0.120. The molecule has 2 N–H and O–H groups in total. The minimum Gasteiger partial charge on any atom is -0.481 e. The van der Waals surface area contributed by atoms with E-state index in [1.807, 2.05) is 12.1 Å². The van der Waals surface area contributed by atoms with Crippen molar-refractivity contribution in [1.29, 1.82) is 0 Å². The van der Waals surface area contributed by atoms with E-state index in [1.54, 1.807) is 6.20 Å². The van der Waals surface area contributed by atoms with E-state index >= 15 is 0 Å². The molecule has 0 radical (unpaired) electrons. The summed E-state index contributed by atoms with van der Waals surface area (Å²) in [4.78, 5) is 14.5.